The molecule has 0 fully saturated rings. The van der Waals surface area contributed by atoms with Gasteiger partial charge in [0, 0.05) is 4.88 Å². The van der Waals surface area contributed by atoms with Crippen molar-refractivity contribution >= 4 is 23.2 Å². The van der Waals surface area contributed by atoms with E-state index in [1.54, 1.807) is 0 Å². The van der Waals surface area contributed by atoms with Crippen LogP contribution < -0.4 is 14.8 Å². The summed E-state index contributed by atoms with van der Waals surface area (Å²) in [6.07, 6.45) is 5.34. The molecule has 1 amide bonds. The van der Waals surface area contributed by atoms with Gasteiger partial charge < -0.3 is 19.5 Å². The third-order valence-electron chi connectivity index (χ3n) is 4.88. The summed E-state index contributed by atoms with van der Waals surface area (Å²) >= 11 is 1.50. The number of nitrogens with one attached hydrogen (secondary N) is 1. The minimum Gasteiger partial charge on any atom is -0.486 e. The molecule has 2 aliphatic rings. The van der Waals surface area contributed by atoms with Crippen LogP contribution >= 0.6 is 11.3 Å². The average Bonchev–Trinajstić information content (AvgIpc) is 3.01. The van der Waals surface area contributed by atoms with Crippen LogP contribution in [0.5, 0.6) is 11.5 Å². The van der Waals surface area contributed by atoms with E-state index in [1.165, 1.54) is 34.6 Å². The number of amides is 1. The number of ether oxygens (including phenoxy) is 3. The molecule has 28 heavy (non-hydrogen) atoms. The lowest BCUT2D eigenvalue weighted by atomic mass is 10.1. The fourth-order valence-electron chi connectivity index (χ4n) is 3.41. The van der Waals surface area contributed by atoms with Crippen molar-refractivity contribution in [2.45, 2.75) is 38.2 Å². The fraction of sp³-hybridized carbons (Fsp3) is 0.429. The van der Waals surface area contributed by atoms with Gasteiger partial charge in [0.05, 0.1) is 6.54 Å². The molecule has 2 aromatic rings. The van der Waals surface area contributed by atoms with Crippen molar-refractivity contribution < 1.29 is 23.8 Å². The Morgan fingerprint density at radius 1 is 1.14 bits per heavy atom. The summed E-state index contributed by atoms with van der Waals surface area (Å²) in [6, 6.07) is 9.34. The smallest absolute Gasteiger partial charge is 0.348 e. The lowest BCUT2D eigenvalue weighted by molar-refractivity contribution is -0.124. The van der Waals surface area contributed by atoms with E-state index in [4.69, 9.17) is 14.2 Å². The second-order valence-corrected chi connectivity index (χ2v) is 8.13. The Bertz CT molecular complexity index is 839. The molecule has 0 saturated carbocycles. The number of hydrogen-bond donors (Lipinski definition) is 1. The summed E-state index contributed by atoms with van der Waals surface area (Å²) < 4.78 is 16.6. The van der Waals surface area contributed by atoms with Crippen LogP contribution in [0.15, 0.2) is 30.3 Å². The van der Waals surface area contributed by atoms with Crippen LogP contribution in [0.25, 0.3) is 0 Å². The third-order valence-corrected chi connectivity index (χ3v) is 6.09. The first kappa shape index (κ1) is 18.8. The van der Waals surface area contributed by atoms with Crippen LogP contribution in [0.1, 0.15) is 39.4 Å². The summed E-state index contributed by atoms with van der Waals surface area (Å²) in [5, 5.41) is 2.73. The van der Waals surface area contributed by atoms with Crippen molar-refractivity contribution in [1.29, 1.82) is 0 Å². The van der Waals surface area contributed by atoms with Crippen molar-refractivity contribution in [3.05, 3.63) is 45.6 Å². The molecule has 6 nitrogen and oxygen atoms in total. The molecule has 0 radical (unpaired) electrons. The Morgan fingerprint density at radius 3 is 2.86 bits per heavy atom. The highest BCUT2D eigenvalue weighted by atomic mass is 32.1. The van der Waals surface area contributed by atoms with Gasteiger partial charge in [0.1, 0.15) is 17.6 Å². The minimum absolute atomic E-state index is 0.275. The standard InChI is InChI=1S/C21H23NO5S/c23-20(22-11-15-12-25-16-7-4-5-8-17(16)27-15)13-26-21(24)19-10-14-6-2-1-3-9-18(14)28-19/h4-5,7-8,10,15H,1-3,6,9,11-13H2,(H,22,23)/t15-/m1/s1. The van der Waals surface area contributed by atoms with Crippen LogP contribution in [-0.2, 0) is 22.4 Å². The summed E-state index contributed by atoms with van der Waals surface area (Å²) in [4.78, 5) is 26.2. The molecule has 1 aromatic carbocycles. The Labute approximate surface area is 167 Å². The molecule has 148 valence electrons. The van der Waals surface area contributed by atoms with Crippen LogP contribution in [0.4, 0.5) is 0 Å². The van der Waals surface area contributed by atoms with Gasteiger partial charge in [0.2, 0.25) is 0 Å². The number of benzene rings is 1. The monoisotopic (exact) mass is 401 g/mol. The Hall–Kier alpha value is -2.54. The molecule has 4 rings (SSSR count). The predicted octanol–water partition coefficient (Wildman–Crippen LogP) is 3.13. The van der Waals surface area contributed by atoms with Gasteiger partial charge in [-0.25, -0.2) is 4.79 Å². The topological polar surface area (TPSA) is 73.9 Å². The van der Waals surface area contributed by atoms with Crippen molar-refractivity contribution in [3.8, 4) is 11.5 Å². The molecule has 1 aromatic heterocycles. The van der Waals surface area contributed by atoms with E-state index in [0.29, 0.717) is 23.0 Å². The Balaban J connectivity index is 1.22. The minimum atomic E-state index is -0.431. The molecule has 0 unspecified atom stereocenters. The Morgan fingerprint density at radius 2 is 1.96 bits per heavy atom. The zero-order valence-electron chi connectivity index (χ0n) is 15.6. The van der Waals surface area contributed by atoms with Crippen molar-refractivity contribution in [3.63, 3.8) is 0 Å². The summed E-state index contributed by atoms with van der Waals surface area (Å²) in [5.41, 5.74) is 1.26. The fourth-order valence-corrected chi connectivity index (χ4v) is 4.56. The van der Waals surface area contributed by atoms with Crippen LogP contribution in [-0.4, -0.2) is 37.7 Å². The zero-order chi connectivity index (χ0) is 19.3. The molecule has 1 atom stereocenters. The highest BCUT2D eigenvalue weighted by Gasteiger charge is 2.22. The first-order chi connectivity index (χ1) is 13.7. The summed E-state index contributed by atoms with van der Waals surface area (Å²) in [6.45, 7) is 0.349. The number of carbonyl (C=O) groups excluding carboxylic acids is 2. The third kappa shape index (κ3) is 4.47. The summed E-state index contributed by atoms with van der Waals surface area (Å²) in [5.74, 6) is 0.582. The van der Waals surface area contributed by atoms with Crippen molar-refractivity contribution in [2.24, 2.45) is 0 Å². The maximum atomic E-state index is 12.3. The van der Waals surface area contributed by atoms with Gasteiger partial charge in [-0.05, 0) is 49.4 Å². The van der Waals surface area contributed by atoms with E-state index in [9.17, 15) is 9.59 Å². The normalized spacial score (nSPS) is 17.9. The molecule has 7 heteroatoms. The van der Waals surface area contributed by atoms with Crippen molar-refractivity contribution in [1.82, 2.24) is 5.32 Å². The quantitative estimate of drug-likeness (QED) is 0.616. The molecule has 1 N–H and O–H groups in total. The van der Waals surface area contributed by atoms with E-state index in [2.05, 4.69) is 5.32 Å². The molecule has 0 spiro atoms. The first-order valence-electron chi connectivity index (χ1n) is 9.63. The molecule has 1 aliphatic carbocycles. The SMILES string of the molecule is O=C(COC(=O)c1cc2c(s1)CCCCC2)NC[C@@H]1COc2ccccc2O1. The average molecular weight is 401 g/mol. The van der Waals surface area contributed by atoms with E-state index < -0.39 is 5.97 Å². The molecule has 0 saturated heterocycles. The highest BCUT2D eigenvalue weighted by Crippen LogP contribution is 2.31. The van der Waals surface area contributed by atoms with Gasteiger partial charge in [-0.15, -0.1) is 11.3 Å². The van der Waals surface area contributed by atoms with Crippen LogP contribution in [0, 0.1) is 0 Å². The van der Waals surface area contributed by atoms with Gasteiger partial charge in [-0.1, -0.05) is 18.6 Å². The number of carbonyl (C=O) groups is 2. The molecule has 0 bridgehead atoms. The molecular formula is C21H23NO5S. The largest absolute Gasteiger partial charge is 0.486 e. The number of hydrogen-bond acceptors (Lipinski definition) is 6. The maximum absolute atomic E-state index is 12.3. The van der Waals surface area contributed by atoms with E-state index in [0.717, 1.165) is 19.3 Å². The maximum Gasteiger partial charge on any atom is 0.348 e. The van der Waals surface area contributed by atoms with Crippen LogP contribution in [0.2, 0.25) is 0 Å². The molecule has 1 aliphatic heterocycles. The predicted molar refractivity (Wildman–Crippen MR) is 105 cm³/mol. The lowest BCUT2D eigenvalue weighted by Gasteiger charge is -2.26. The second-order valence-electron chi connectivity index (χ2n) is 7.00. The van der Waals surface area contributed by atoms with Crippen molar-refractivity contribution in [2.75, 3.05) is 19.8 Å². The number of fused-ring (bicyclic) bond motifs is 2. The lowest BCUT2D eigenvalue weighted by Crippen LogP contribution is -2.42. The van der Waals surface area contributed by atoms with E-state index in [1.807, 2.05) is 30.3 Å². The Kier molecular flexibility index (Phi) is 5.81. The van der Waals surface area contributed by atoms with Gasteiger partial charge in [-0.2, -0.15) is 0 Å². The number of aryl methyl sites for hydroxylation is 2. The number of rotatable bonds is 5. The number of para-hydroxylation sites is 2. The zero-order valence-corrected chi connectivity index (χ0v) is 16.4. The number of thiophene rings is 1. The number of esters is 1. The molecule has 2 heterocycles. The first-order valence-corrected chi connectivity index (χ1v) is 10.4. The second kappa shape index (κ2) is 8.65. The molecular weight excluding hydrogens is 378 g/mol. The highest BCUT2D eigenvalue weighted by molar-refractivity contribution is 7.14. The van der Waals surface area contributed by atoms with E-state index in [-0.39, 0.29) is 25.2 Å². The summed E-state index contributed by atoms with van der Waals surface area (Å²) in [7, 11) is 0. The van der Waals surface area contributed by atoms with E-state index >= 15 is 0 Å². The van der Waals surface area contributed by atoms with Gasteiger partial charge in [-0.3, -0.25) is 4.79 Å². The van der Waals surface area contributed by atoms with Crippen LogP contribution in [0.3, 0.4) is 0 Å². The van der Waals surface area contributed by atoms with Gasteiger partial charge >= 0.3 is 5.97 Å². The van der Waals surface area contributed by atoms with Gasteiger partial charge in [0.15, 0.2) is 18.1 Å². The van der Waals surface area contributed by atoms with Gasteiger partial charge in [0.25, 0.3) is 5.91 Å².